The molecule has 0 aliphatic carbocycles. The van der Waals surface area contributed by atoms with Crippen LogP contribution in [0.3, 0.4) is 0 Å². The van der Waals surface area contributed by atoms with Crippen LogP contribution in [0.25, 0.3) is 22.3 Å². The third kappa shape index (κ3) is 4.02. The van der Waals surface area contributed by atoms with Gasteiger partial charge >= 0.3 is 0 Å². The first-order valence-electron chi connectivity index (χ1n) is 10.9. The number of nitrogen functional groups attached to an aromatic ring is 1. The molecule has 2 aromatic heterocycles. The molecule has 0 bridgehead atoms. The van der Waals surface area contributed by atoms with E-state index in [0.717, 1.165) is 18.4 Å². The fourth-order valence-corrected chi connectivity index (χ4v) is 4.12. The lowest BCUT2D eigenvalue weighted by molar-refractivity contribution is -0.0403. The summed E-state index contributed by atoms with van der Waals surface area (Å²) in [5.41, 5.74) is 8.25. The molecular weight excluding hydrogens is 441 g/mol. The van der Waals surface area contributed by atoms with Crippen molar-refractivity contribution in [3.63, 3.8) is 0 Å². The van der Waals surface area contributed by atoms with Gasteiger partial charge in [0.25, 0.3) is 0 Å². The number of hydrogen-bond acceptors (Lipinski definition) is 8. The Labute approximate surface area is 194 Å². The van der Waals surface area contributed by atoms with Gasteiger partial charge in [-0.1, -0.05) is 6.07 Å². The Bertz CT molecular complexity index is 1300. The highest BCUT2D eigenvalue weighted by Gasteiger charge is 2.27. The van der Waals surface area contributed by atoms with Crippen molar-refractivity contribution in [3.8, 4) is 28.5 Å². The number of nitrogens with two attached hydrogens (primary N) is 1. The Balaban J connectivity index is 1.46. The van der Waals surface area contributed by atoms with E-state index in [9.17, 15) is 9.50 Å². The van der Waals surface area contributed by atoms with Crippen LogP contribution in [0.5, 0.6) is 17.2 Å². The molecule has 0 spiro atoms. The van der Waals surface area contributed by atoms with Crippen molar-refractivity contribution in [2.24, 2.45) is 0 Å². The van der Waals surface area contributed by atoms with Gasteiger partial charge in [0.2, 0.25) is 5.82 Å². The van der Waals surface area contributed by atoms with Crippen molar-refractivity contribution in [1.82, 2.24) is 19.7 Å². The first-order valence-corrected chi connectivity index (χ1v) is 10.9. The number of fused-ring (bicyclic) bond motifs is 1. The SMILES string of the molecule is COc1cccc(Oc2ccc(-c3nn([C@@H]4CC[C@H](CO)OC4)c4ncnc(N)c34)cc2)c1F. The smallest absolute Gasteiger partial charge is 0.207 e. The normalized spacial score (nSPS) is 18.2. The van der Waals surface area contributed by atoms with Crippen LogP contribution in [-0.4, -0.2) is 51.3 Å². The summed E-state index contributed by atoms with van der Waals surface area (Å²) in [5, 5.41) is 14.8. The van der Waals surface area contributed by atoms with Crippen LogP contribution in [0.1, 0.15) is 18.9 Å². The molecule has 10 heteroatoms. The summed E-state index contributed by atoms with van der Waals surface area (Å²) in [5.74, 6) is 0.396. The highest BCUT2D eigenvalue weighted by molar-refractivity contribution is 5.98. The minimum absolute atomic E-state index is 0.00102. The number of ether oxygens (including phenoxy) is 3. The van der Waals surface area contributed by atoms with Gasteiger partial charge in [0, 0.05) is 5.56 Å². The number of rotatable bonds is 6. The monoisotopic (exact) mass is 465 g/mol. The van der Waals surface area contributed by atoms with E-state index in [1.165, 1.54) is 25.6 Å². The zero-order valence-corrected chi connectivity index (χ0v) is 18.5. The lowest BCUT2D eigenvalue weighted by atomic mass is 10.1. The molecule has 4 aromatic rings. The Morgan fingerprint density at radius 1 is 1.15 bits per heavy atom. The van der Waals surface area contributed by atoms with E-state index in [2.05, 4.69) is 9.97 Å². The topological polar surface area (TPSA) is 118 Å². The second-order valence-electron chi connectivity index (χ2n) is 8.02. The van der Waals surface area contributed by atoms with Crippen LogP contribution < -0.4 is 15.2 Å². The number of benzene rings is 2. The second-order valence-corrected chi connectivity index (χ2v) is 8.02. The van der Waals surface area contributed by atoms with Crippen molar-refractivity contribution in [2.45, 2.75) is 25.0 Å². The van der Waals surface area contributed by atoms with Gasteiger partial charge in [0.15, 0.2) is 17.1 Å². The summed E-state index contributed by atoms with van der Waals surface area (Å²) in [6.07, 6.45) is 2.79. The Morgan fingerprint density at radius 3 is 2.65 bits per heavy atom. The molecule has 2 aromatic carbocycles. The number of aliphatic hydroxyl groups is 1. The summed E-state index contributed by atoms with van der Waals surface area (Å²) in [6.45, 7) is 0.422. The lowest BCUT2D eigenvalue weighted by Gasteiger charge is -2.28. The van der Waals surface area contributed by atoms with E-state index in [1.807, 2.05) is 16.8 Å². The van der Waals surface area contributed by atoms with E-state index < -0.39 is 5.82 Å². The molecule has 0 radical (unpaired) electrons. The fraction of sp³-hybridized carbons (Fsp3) is 0.292. The molecule has 1 saturated heterocycles. The summed E-state index contributed by atoms with van der Waals surface area (Å²) in [4.78, 5) is 8.58. The largest absolute Gasteiger partial charge is 0.494 e. The minimum atomic E-state index is -0.568. The van der Waals surface area contributed by atoms with Crippen molar-refractivity contribution >= 4 is 16.9 Å². The average molecular weight is 465 g/mol. The molecule has 1 aliphatic heterocycles. The molecule has 1 fully saturated rings. The number of hydrogen-bond donors (Lipinski definition) is 2. The third-order valence-electron chi connectivity index (χ3n) is 5.92. The van der Waals surface area contributed by atoms with Crippen LogP contribution in [0.2, 0.25) is 0 Å². The molecule has 5 rings (SSSR count). The fourth-order valence-electron chi connectivity index (χ4n) is 4.12. The highest BCUT2D eigenvalue weighted by Crippen LogP contribution is 2.36. The summed E-state index contributed by atoms with van der Waals surface area (Å²) in [7, 11) is 1.40. The summed E-state index contributed by atoms with van der Waals surface area (Å²) >= 11 is 0. The zero-order valence-electron chi connectivity index (χ0n) is 18.5. The van der Waals surface area contributed by atoms with Crippen LogP contribution >= 0.6 is 0 Å². The predicted molar refractivity (Wildman–Crippen MR) is 123 cm³/mol. The molecule has 2 atom stereocenters. The average Bonchev–Trinajstić information content (AvgIpc) is 3.27. The molecule has 0 amide bonds. The van der Waals surface area contributed by atoms with E-state index in [4.69, 9.17) is 25.0 Å². The maximum atomic E-state index is 14.4. The molecule has 9 nitrogen and oxygen atoms in total. The van der Waals surface area contributed by atoms with Crippen molar-refractivity contribution in [2.75, 3.05) is 26.1 Å². The second kappa shape index (κ2) is 9.24. The number of aliphatic hydroxyl groups excluding tert-OH is 1. The number of methoxy groups -OCH3 is 1. The molecule has 0 unspecified atom stereocenters. The van der Waals surface area contributed by atoms with Crippen LogP contribution in [0.4, 0.5) is 10.2 Å². The van der Waals surface area contributed by atoms with Gasteiger partial charge in [-0.3, -0.25) is 0 Å². The lowest BCUT2D eigenvalue weighted by Crippen LogP contribution is -2.30. The van der Waals surface area contributed by atoms with E-state index in [0.29, 0.717) is 34.9 Å². The maximum absolute atomic E-state index is 14.4. The Kier molecular flexibility index (Phi) is 5.99. The van der Waals surface area contributed by atoms with Crippen molar-refractivity contribution in [3.05, 3.63) is 54.6 Å². The Hall–Kier alpha value is -3.76. The number of nitrogens with zero attached hydrogens (tertiary/aromatic N) is 4. The van der Waals surface area contributed by atoms with Crippen LogP contribution in [-0.2, 0) is 4.74 Å². The molecule has 34 heavy (non-hydrogen) atoms. The summed E-state index contributed by atoms with van der Waals surface area (Å²) < 4.78 is 32.7. The maximum Gasteiger partial charge on any atom is 0.207 e. The van der Waals surface area contributed by atoms with E-state index in [-0.39, 0.29) is 30.3 Å². The van der Waals surface area contributed by atoms with Gasteiger partial charge in [0.05, 0.1) is 37.9 Å². The first-order chi connectivity index (χ1) is 16.6. The first kappa shape index (κ1) is 22.1. The number of halogens is 1. The quantitative estimate of drug-likeness (QED) is 0.442. The number of anilines is 1. The van der Waals surface area contributed by atoms with Crippen molar-refractivity contribution < 1.29 is 23.7 Å². The standard InChI is InChI=1S/C24H24FN5O4/c1-32-18-3-2-4-19(21(18)25)34-16-8-5-14(6-9-16)22-20-23(26)27-13-28-24(20)30(29-22)15-7-10-17(11-31)33-12-15/h2-6,8-9,13,15,17,31H,7,10-12H2,1H3,(H2,26,27,28)/t15-,17-/m1/s1. The Morgan fingerprint density at radius 2 is 1.94 bits per heavy atom. The van der Waals surface area contributed by atoms with E-state index in [1.54, 1.807) is 18.2 Å². The number of aromatic nitrogens is 4. The third-order valence-corrected chi connectivity index (χ3v) is 5.92. The molecule has 3 N–H and O–H groups in total. The molecule has 176 valence electrons. The minimum Gasteiger partial charge on any atom is -0.494 e. The van der Waals surface area contributed by atoms with Gasteiger partial charge in [-0.2, -0.15) is 9.49 Å². The zero-order chi connectivity index (χ0) is 23.7. The van der Waals surface area contributed by atoms with Gasteiger partial charge in [-0.05, 0) is 49.2 Å². The van der Waals surface area contributed by atoms with Gasteiger partial charge < -0.3 is 25.1 Å². The van der Waals surface area contributed by atoms with Crippen LogP contribution in [0.15, 0.2) is 48.8 Å². The van der Waals surface area contributed by atoms with Crippen LogP contribution in [0, 0.1) is 5.82 Å². The highest BCUT2D eigenvalue weighted by atomic mass is 19.1. The van der Waals surface area contributed by atoms with E-state index >= 15 is 0 Å². The molecule has 0 saturated carbocycles. The predicted octanol–water partition coefficient (Wildman–Crippen LogP) is 3.73. The van der Waals surface area contributed by atoms with Crippen molar-refractivity contribution in [1.29, 1.82) is 0 Å². The molecule has 1 aliphatic rings. The van der Waals surface area contributed by atoms with Gasteiger partial charge in [0.1, 0.15) is 23.6 Å². The summed E-state index contributed by atoms with van der Waals surface area (Å²) in [6, 6.07) is 11.8. The molecular formula is C24H24FN5O4. The van der Waals surface area contributed by atoms with Gasteiger partial charge in [-0.15, -0.1) is 0 Å². The van der Waals surface area contributed by atoms with Gasteiger partial charge in [-0.25, -0.2) is 14.6 Å². The molecule has 3 heterocycles.